The fraction of sp³-hybridized carbons (Fsp3) is 0.700. The third-order valence-corrected chi connectivity index (χ3v) is 1.31. The zero-order valence-electron chi connectivity index (χ0n) is 9.86. The molecule has 0 saturated carbocycles. The highest BCUT2D eigenvalue weighted by Gasteiger charge is 2.24. The summed E-state index contributed by atoms with van der Waals surface area (Å²) in [4.78, 5) is 22.4. The minimum atomic E-state index is -1.34. The fourth-order valence-corrected chi connectivity index (χ4v) is 0.795. The summed E-state index contributed by atoms with van der Waals surface area (Å²) in [6.45, 7) is 6.79. The first-order valence-electron chi connectivity index (χ1n) is 4.86. The number of rotatable bonds is 3. The van der Waals surface area contributed by atoms with Crippen molar-refractivity contribution in [3.05, 3.63) is 0 Å². The number of nitrogens with zero attached hydrogens (tertiary/aromatic N) is 1. The molecule has 16 heavy (non-hydrogen) atoms. The monoisotopic (exact) mass is 228 g/mol. The summed E-state index contributed by atoms with van der Waals surface area (Å²) in [6, 6.07) is 0.279. The Morgan fingerprint density at radius 3 is 2.38 bits per heavy atom. The molecular formula is C10H16N2O4. The lowest BCUT2D eigenvalue weighted by Crippen LogP contribution is -2.43. The van der Waals surface area contributed by atoms with E-state index in [1.807, 2.05) is 0 Å². The quantitative estimate of drug-likeness (QED) is 0.727. The van der Waals surface area contributed by atoms with Gasteiger partial charge < -0.3 is 9.47 Å². The molecule has 0 spiro atoms. The lowest BCUT2D eigenvalue weighted by atomic mass is 10.2. The molecule has 0 aliphatic carbocycles. The maximum atomic E-state index is 11.2. The second-order valence-electron chi connectivity index (χ2n) is 3.96. The Labute approximate surface area is 94.5 Å². The molecule has 6 heteroatoms. The van der Waals surface area contributed by atoms with E-state index < -0.39 is 23.7 Å². The highest BCUT2D eigenvalue weighted by Crippen LogP contribution is 2.06. The van der Waals surface area contributed by atoms with Crippen molar-refractivity contribution >= 4 is 12.1 Å². The molecule has 0 aliphatic heterocycles. The van der Waals surface area contributed by atoms with Crippen LogP contribution >= 0.6 is 0 Å². The highest BCUT2D eigenvalue weighted by molar-refractivity contribution is 5.84. The Bertz CT molecular complexity index is 301. The summed E-state index contributed by atoms with van der Waals surface area (Å²) in [5.74, 6) is -0.796. The maximum Gasteiger partial charge on any atom is 0.409 e. The number of nitrogens with one attached hydrogen (secondary N) is 1. The third-order valence-electron chi connectivity index (χ3n) is 1.31. The Morgan fingerprint density at radius 2 is 2.00 bits per heavy atom. The van der Waals surface area contributed by atoms with E-state index >= 15 is 0 Å². The van der Waals surface area contributed by atoms with E-state index in [0.717, 1.165) is 0 Å². The normalized spacial score (nSPS) is 12.2. The van der Waals surface area contributed by atoms with Gasteiger partial charge in [-0.15, -0.1) is 0 Å². The predicted octanol–water partition coefficient (Wildman–Crippen LogP) is 0.966. The largest absolute Gasteiger partial charge is 0.464 e. The van der Waals surface area contributed by atoms with Crippen LogP contribution in [0.25, 0.3) is 0 Å². The molecule has 90 valence electrons. The lowest BCUT2D eigenvalue weighted by Gasteiger charge is -2.20. The molecule has 0 rings (SSSR count). The van der Waals surface area contributed by atoms with Crippen molar-refractivity contribution in [1.29, 1.82) is 5.26 Å². The summed E-state index contributed by atoms with van der Waals surface area (Å²) in [5, 5.41) is 10.8. The molecule has 0 aromatic heterocycles. The molecule has 1 unspecified atom stereocenters. The van der Waals surface area contributed by atoms with Gasteiger partial charge in [0.05, 0.1) is 12.7 Å². The summed E-state index contributed by atoms with van der Waals surface area (Å²) in [7, 11) is 0. The van der Waals surface area contributed by atoms with E-state index in [1.165, 1.54) is 0 Å². The molecule has 0 aromatic carbocycles. The molecule has 0 aliphatic rings. The highest BCUT2D eigenvalue weighted by atomic mass is 16.6. The Hall–Kier alpha value is -1.77. The average Bonchev–Trinajstić information content (AvgIpc) is 2.11. The number of carbonyl (C=O) groups is 2. The van der Waals surface area contributed by atoms with Crippen LogP contribution in [0.1, 0.15) is 27.7 Å². The molecule has 0 heterocycles. The second kappa shape index (κ2) is 5.95. The van der Waals surface area contributed by atoms with Crippen molar-refractivity contribution in [2.24, 2.45) is 0 Å². The summed E-state index contributed by atoms with van der Waals surface area (Å²) >= 11 is 0. The van der Waals surface area contributed by atoms with E-state index in [9.17, 15) is 9.59 Å². The van der Waals surface area contributed by atoms with Gasteiger partial charge in [0.1, 0.15) is 5.60 Å². The maximum absolute atomic E-state index is 11.2. The number of ether oxygens (including phenoxy) is 2. The van der Waals surface area contributed by atoms with Crippen LogP contribution in [0, 0.1) is 11.3 Å². The molecule has 6 nitrogen and oxygen atoms in total. The van der Waals surface area contributed by atoms with Crippen LogP contribution < -0.4 is 5.32 Å². The number of esters is 1. The van der Waals surface area contributed by atoms with Crippen molar-refractivity contribution in [2.75, 3.05) is 6.61 Å². The molecule has 0 bridgehead atoms. The van der Waals surface area contributed by atoms with Gasteiger partial charge >= 0.3 is 12.1 Å². The van der Waals surface area contributed by atoms with Gasteiger partial charge in [-0.25, -0.2) is 9.59 Å². The molecule has 1 amide bonds. The molecule has 1 atom stereocenters. The van der Waals surface area contributed by atoms with Crippen molar-refractivity contribution in [1.82, 2.24) is 5.32 Å². The molecule has 0 aromatic rings. The van der Waals surface area contributed by atoms with Gasteiger partial charge in [0.25, 0.3) is 0 Å². The van der Waals surface area contributed by atoms with Crippen molar-refractivity contribution in [3.63, 3.8) is 0 Å². The Kier molecular flexibility index (Phi) is 5.30. The number of carbonyl (C=O) groups excluding carboxylic acids is 2. The van der Waals surface area contributed by atoms with E-state index in [4.69, 9.17) is 10.00 Å². The van der Waals surface area contributed by atoms with E-state index in [1.54, 1.807) is 33.8 Å². The number of hydrogen-bond donors (Lipinski definition) is 1. The van der Waals surface area contributed by atoms with Crippen molar-refractivity contribution in [2.45, 2.75) is 39.3 Å². The van der Waals surface area contributed by atoms with Crippen LogP contribution in [-0.2, 0) is 14.3 Å². The lowest BCUT2D eigenvalue weighted by molar-refractivity contribution is -0.144. The van der Waals surface area contributed by atoms with E-state index in [2.05, 4.69) is 10.1 Å². The molecule has 0 radical (unpaired) electrons. The van der Waals surface area contributed by atoms with Crippen LogP contribution in [-0.4, -0.2) is 30.3 Å². The first kappa shape index (κ1) is 14.2. The Balaban J connectivity index is 4.30. The minimum absolute atomic E-state index is 0.146. The van der Waals surface area contributed by atoms with Crippen molar-refractivity contribution in [3.8, 4) is 6.07 Å². The fourth-order valence-electron chi connectivity index (χ4n) is 0.795. The first-order chi connectivity index (χ1) is 7.30. The minimum Gasteiger partial charge on any atom is -0.464 e. The van der Waals surface area contributed by atoms with Crippen LogP contribution in [0.3, 0.4) is 0 Å². The first-order valence-corrected chi connectivity index (χ1v) is 4.86. The third kappa shape index (κ3) is 5.86. The smallest absolute Gasteiger partial charge is 0.409 e. The van der Waals surface area contributed by atoms with E-state index in [0.29, 0.717) is 0 Å². The molecule has 0 fully saturated rings. The summed E-state index contributed by atoms with van der Waals surface area (Å²) < 4.78 is 9.48. The summed E-state index contributed by atoms with van der Waals surface area (Å²) in [6.07, 6.45) is -0.827. The van der Waals surface area contributed by atoms with Crippen LogP contribution in [0.2, 0.25) is 0 Å². The molecule has 1 N–H and O–H groups in total. The average molecular weight is 228 g/mol. The van der Waals surface area contributed by atoms with Gasteiger partial charge in [-0.2, -0.15) is 5.26 Å². The van der Waals surface area contributed by atoms with Gasteiger partial charge in [-0.05, 0) is 27.7 Å². The SMILES string of the molecule is CCOC(=O)C(C#N)NC(=O)OC(C)(C)C. The van der Waals surface area contributed by atoms with Gasteiger partial charge in [0.15, 0.2) is 0 Å². The van der Waals surface area contributed by atoms with Crippen LogP contribution in [0.4, 0.5) is 4.79 Å². The second-order valence-corrected chi connectivity index (χ2v) is 3.96. The number of amides is 1. The van der Waals surface area contributed by atoms with Crippen LogP contribution in [0.5, 0.6) is 0 Å². The Morgan fingerprint density at radius 1 is 1.44 bits per heavy atom. The zero-order valence-corrected chi connectivity index (χ0v) is 9.86. The molecule has 0 saturated heterocycles. The van der Waals surface area contributed by atoms with Crippen molar-refractivity contribution < 1.29 is 19.1 Å². The van der Waals surface area contributed by atoms with E-state index in [-0.39, 0.29) is 6.61 Å². The predicted molar refractivity (Wildman–Crippen MR) is 55.4 cm³/mol. The van der Waals surface area contributed by atoms with Gasteiger partial charge in [0, 0.05) is 0 Å². The van der Waals surface area contributed by atoms with Gasteiger partial charge in [-0.3, -0.25) is 5.32 Å². The number of nitriles is 1. The molecular weight excluding hydrogens is 212 g/mol. The van der Waals surface area contributed by atoms with Crippen LogP contribution in [0.15, 0.2) is 0 Å². The zero-order chi connectivity index (χ0) is 12.8. The topological polar surface area (TPSA) is 88.4 Å². The summed E-state index contributed by atoms with van der Waals surface area (Å²) in [5.41, 5.74) is -0.682. The number of alkyl carbamates (subject to hydrolysis) is 1. The van der Waals surface area contributed by atoms with Gasteiger partial charge in [-0.1, -0.05) is 0 Å². The standard InChI is InChI=1S/C10H16N2O4/c1-5-15-8(13)7(6-11)12-9(14)16-10(2,3)4/h7H,5H2,1-4H3,(H,12,14). The number of hydrogen-bond acceptors (Lipinski definition) is 5. The van der Waals surface area contributed by atoms with Gasteiger partial charge in [0.2, 0.25) is 6.04 Å².